The first-order valence-corrected chi connectivity index (χ1v) is 9.88. The van der Waals surface area contributed by atoms with E-state index < -0.39 is 17.6 Å². The summed E-state index contributed by atoms with van der Waals surface area (Å²) < 4.78 is 44.6. The summed E-state index contributed by atoms with van der Waals surface area (Å²) in [6.45, 7) is 1.29. The lowest BCUT2D eigenvalue weighted by Crippen LogP contribution is -2.50. The second-order valence-electron chi connectivity index (χ2n) is 7.01. The van der Waals surface area contributed by atoms with Crippen LogP contribution >= 0.6 is 11.6 Å². The molecule has 0 unspecified atom stereocenters. The van der Waals surface area contributed by atoms with E-state index in [-0.39, 0.29) is 31.1 Å². The molecule has 0 atom stereocenters. The average molecular weight is 456 g/mol. The monoisotopic (exact) mass is 455 g/mol. The minimum atomic E-state index is -4.60. The minimum Gasteiger partial charge on any atom is -0.495 e. The van der Waals surface area contributed by atoms with Crippen LogP contribution in [-0.4, -0.2) is 61.4 Å². The molecular formula is C21H21ClF3N3O3. The Labute approximate surface area is 182 Å². The molecule has 0 saturated carbocycles. The summed E-state index contributed by atoms with van der Waals surface area (Å²) in [6, 6.07) is 9.64. The van der Waals surface area contributed by atoms with Gasteiger partial charge in [-0.3, -0.25) is 14.5 Å². The Morgan fingerprint density at radius 1 is 1.10 bits per heavy atom. The third kappa shape index (κ3) is 5.68. The number of rotatable bonds is 5. The molecular weight excluding hydrogens is 435 g/mol. The molecule has 2 amide bonds. The molecule has 1 saturated heterocycles. The molecule has 1 aliphatic heterocycles. The largest absolute Gasteiger partial charge is 0.495 e. The van der Waals surface area contributed by atoms with Crippen molar-refractivity contribution in [2.75, 3.05) is 45.2 Å². The lowest BCUT2D eigenvalue weighted by Gasteiger charge is -2.34. The maximum Gasteiger partial charge on any atom is 0.417 e. The predicted molar refractivity (Wildman–Crippen MR) is 110 cm³/mol. The predicted octanol–water partition coefficient (Wildman–Crippen LogP) is 3.76. The molecule has 0 spiro atoms. The highest BCUT2D eigenvalue weighted by molar-refractivity contribution is 6.32. The van der Waals surface area contributed by atoms with Gasteiger partial charge < -0.3 is 15.0 Å². The number of carbonyl (C=O) groups excluding carboxylic acids is 2. The van der Waals surface area contributed by atoms with E-state index in [1.807, 2.05) is 4.90 Å². The highest BCUT2D eigenvalue weighted by Gasteiger charge is 2.36. The van der Waals surface area contributed by atoms with E-state index in [4.69, 9.17) is 16.3 Å². The number of piperazine rings is 1. The molecule has 166 valence electrons. The van der Waals surface area contributed by atoms with E-state index in [1.54, 1.807) is 18.2 Å². The Morgan fingerprint density at radius 2 is 1.77 bits per heavy atom. The van der Waals surface area contributed by atoms with Crippen molar-refractivity contribution in [3.63, 3.8) is 0 Å². The maximum absolute atomic E-state index is 13.2. The van der Waals surface area contributed by atoms with Gasteiger partial charge in [0.05, 0.1) is 29.8 Å². The Kier molecular flexibility index (Phi) is 7.07. The minimum absolute atomic E-state index is 0.0881. The van der Waals surface area contributed by atoms with Crippen molar-refractivity contribution in [2.45, 2.75) is 6.18 Å². The topological polar surface area (TPSA) is 61.9 Å². The van der Waals surface area contributed by atoms with Gasteiger partial charge >= 0.3 is 6.18 Å². The standard InChI is InChI=1S/C21H21ClF3N3O3/c1-31-18-7-6-14(12-17(18)22)26-19(29)13-27-8-10-28(11-9-27)20(30)15-4-2-3-5-16(15)21(23,24)25/h2-7,12H,8-11,13H2,1H3,(H,26,29). The first kappa shape index (κ1) is 22.9. The number of hydrogen-bond acceptors (Lipinski definition) is 4. The van der Waals surface area contributed by atoms with Crippen LogP contribution in [0.1, 0.15) is 15.9 Å². The number of hydrogen-bond donors (Lipinski definition) is 1. The van der Waals surface area contributed by atoms with Crippen LogP contribution in [-0.2, 0) is 11.0 Å². The Morgan fingerprint density at radius 3 is 2.39 bits per heavy atom. The normalized spacial score (nSPS) is 14.9. The fourth-order valence-corrected chi connectivity index (χ4v) is 3.60. The van der Waals surface area contributed by atoms with Gasteiger partial charge in [-0.05, 0) is 30.3 Å². The number of benzene rings is 2. The number of methoxy groups -OCH3 is 1. The van der Waals surface area contributed by atoms with Crippen molar-refractivity contribution in [3.05, 3.63) is 58.6 Å². The fraction of sp³-hybridized carbons (Fsp3) is 0.333. The zero-order valence-corrected chi connectivity index (χ0v) is 17.5. The van der Waals surface area contributed by atoms with Crippen molar-refractivity contribution in [3.8, 4) is 5.75 Å². The molecule has 2 aromatic rings. The smallest absolute Gasteiger partial charge is 0.417 e. The molecule has 0 aliphatic carbocycles. The molecule has 2 aromatic carbocycles. The van der Waals surface area contributed by atoms with Gasteiger partial charge in [-0.1, -0.05) is 23.7 Å². The Balaban J connectivity index is 1.55. The summed E-state index contributed by atoms with van der Waals surface area (Å²) in [5.41, 5.74) is -0.786. The third-order valence-corrected chi connectivity index (χ3v) is 5.22. The number of anilines is 1. The van der Waals surface area contributed by atoms with Crippen LogP contribution in [0.5, 0.6) is 5.75 Å². The molecule has 0 aromatic heterocycles. The highest BCUT2D eigenvalue weighted by atomic mass is 35.5. The molecule has 6 nitrogen and oxygen atoms in total. The summed E-state index contributed by atoms with van der Waals surface area (Å²) in [5.74, 6) is -0.430. The molecule has 1 heterocycles. The number of halogens is 4. The fourth-order valence-electron chi connectivity index (χ4n) is 3.34. The zero-order chi connectivity index (χ0) is 22.6. The van der Waals surface area contributed by atoms with Gasteiger partial charge in [-0.15, -0.1) is 0 Å². The van der Waals surface area contributed by atoms with Gasteiger partial charge in [0.15, 0.2) is 0 Å². The number of nitrogens with zero attached hydrogens (tertiary/aromatic N) is 2. The van der Waals surface area contributed by atoms with Gasteiger partial charge in [0.1, 0.15) is 5.75 Å². The van der Waals surface area contributed by atoms with E-state index in [0.29, 0.717) is 29.5 Å². The second kappa shape index (κ2) is 9.57. The first-order chi connectivity index (χ1) is 14.7. The molecule has 1 N–H and O–H groups in total. The SMILES string of the molecule is COc1ccc(NC(=O)CN2CCN(C(=O)c3ccccc3C(F)(F)F)CC2)cc1Cl. The molecule has 10 heteroatoms. The van der Waals surface area contributed by atoms with Gasteiger partial charge in [0.25, 0.3) is 5.91 Å². The van der Waals surface area contributed by atoms with E-state index in [9.17, 15) is 22.8 Å². The summed E-state index contributed by atoms with van der Waals surface area (Å²) in [4.78, 5) is 28.1. The summed E-state index contributed by atoms with van der Waals surface area (Å²) in [5, 5.41) is 3.11. The summed E-state index contributed by atoms with van der Waals surface area (Å²) in [7, 11) is 1.49. The number of ether oxygens (including phenoxy) is 1. The van der Waals surface area contributed by atoms with Crippen molar-refractivity contribution < 1.29 is 27.5 Å². The Bertz CT molecular complexity index is 960. The zero-order valence-electron chi connectivity index (χ0n) is 16.7. The van der Waals surface area contributed by atoms with Crippen LogP contribution in [0.25, 0.3) is 0 Å². The molecule has 0 bridgehead atoms. The van der Waals surface area contributed by atoms with E-state index >= 15 is 0 Å². The average Bonchev–Trinajstić information content (AvgIpc) is 2.73. The van der Waals surface area contributed by atoms with Crippen LogP contribution < -0.4 is 10.1 Å². The number of alkyl halides is 3. The molecule has 3 rings (SSSR count). The second-order valence-corrected chi connectivity index (χ2v) is 7.42. The van der Waals surface area contributed by atoms with E-state index in [0.717, 1.165) is 6.07 Å². The molecule has 0 radical (unpaired) electrons. The Hall–Kier alpha value is -2.78. The van der Waals surface area contributed by atoms with Crippen molar-refractivity contribution in [2.24, 2.45) is 0 Å². The van der Waals surface area contributed by atoms with Crippen molar-refractivity contribution in [1.82, 2.24) is 9.80 Å². The lowest BCUT2D eigenvalue weighted by atomic mass is 10.1. The van der Waals surface area contributed by atoms with E-state index in [2.05, 4.69) is 5.32 Å². The number of carbonyl (C=O) groups is 2. The van der Waals surface area contributed by atoms with Gasteiger partial charge in [-0.25, -0.2) is 0 Å². The summed E-state index contributed by atoms with van der Waals surface area (Å²) in [6.07, 6.45) is -4.60. The molecule has 31 heavy (non-hydrogen) atoms. The van der Waals surface area contributed by atoms with Crippen LogP contribution in [0.4, 0.5) is 18.9 Å². The van der Waals surface area contributed by atoms with Crippen molar-refractivity contribution in [1.29, 1.82) is 0 Å². The quantitative estimate of drug-likeness (QED) is 0.745. The van der Waals surface area contributed by atoms with Crippen molar-refractivity contribution >= 4 is 29.1 Å². The number of nitrogens with one attached hydrogen (secondary N) is 1. The van der Waals surface area contributed by atoms with Gasteiger partial charge in [0.2, 0.25) is 5.91 Å². The molecule has 1 fully saturated rings. The van der Waals surface area contributed by atoms with E-state index in [1.165, 1.54) is 30.2 Å². The van der Waals surface area contributed by atoms with Crippen LogP contribution in [0.15, 0.2) is 42.5 Å². The van der Waals surface area contributed by atoms with Gasteiger partial charge in [0, 0.05) is 31.9 Å². The first-order valence-electron chi connectivity index (χ1n) is 9.50. The highest BCUT2D eigenvalue weighted by Crippen LogP contribution is 2.32. The lowest BCUT2D eigenvalue weighted by molar-refractivity contribution is -0.138. The van der Waals surface area contributed by atoms with Crippen LogP contribution in [0, 0.1) is 0 Å². The van der Waals surface area contributed by atoms with Gasteiger partial charge in [-0.2, -0.15) is 13.2 Å². The molecule has 1 aliphatic rings. The number of amides is 2. The van der Waals surface area contributed by atoms with Crippen LogP contribution in [0.2, 0.25) is 5.02 Å². The van der Waals surface area contributed by atoms with Crippen LogP contribution in [0.3, 0.4) is 0 Å². The third-order valence-electron chi connectivity index (χ3n) is 4.93. The summed E-state index contributed by atoms with van der Waals surface area (Å²) >= 11 is 6.05. The maximum atomic E-state index is 13.2.